The third kappa shape index (κ3) is 3.39. The van der Waals surface area contributed by atoms with Crippen molar-refractivity contribution in [3.05, 3.63) is 51.5 Å². The number of rotatable bonds is 2. The Balaban J connectivity index is 1.90. The lowest BCUT2D eigenvalue weighted by molar-refractivity contribution is -0.113. The van der Waals surface area contributed by atoms with Crippen LogP contribution in [0.5, 0.6) is 0 Å². The topological polar surface area (TPSA) is 49.4 Å². The molecule has 0 radical (unpaired) electrons. The first kappa shape index (κ1) is 16.4. The number of hydrogen-bond acceptors (Lipinski definition) is 3. The van der Waals surface area contributed by atoms with Crippen LogP contribution in [-0.4, -0.2) is 24.6 Å². The second-order valence-corrected chi connectivity index (χ2v) is 7.35. The minimum atomic E-state index is -0.193. The monoisotopic (exact) mass is 410 g/mol. The fraction of sp³-hybridized carbons (Fsp3) is 0.125. The van der Waals surface area contributed by atoms with Gasteiger partial charge >= 0.3 is 0 Å². The Bertz CT molecular complexity index is 813. The molecule has 1 N–H and O–H groups in total. The van der Waals surface area contributed by atoms with E-state index in [9.17, 15) is 9.59 Å². The van der Waals surface area contributed by atoms with Gasteiger partial charge in [-0.2, -0.15) is 0 Å². The molecule has 3 rings (SSSR count). The second kappa shape index (κ2) is 6.55. The van der Waals surface area contributed by atoms with Crippen molar-refractivity contribution in [1.29, 1.82) is 0 Å². The molecule has 1 aliphatic rings. The molecule has 0 bridgehead atoms. The Morgan fingerprint density at radius 2 is 2.09 bits per heavy atom. The molecule has 0 saturated heterocycles. The van der Waals surface area contributed by atoms with E-state index in [0.717, 1.165) is 9.37 Å². The summed E-state index contributed by atoms with van der Waals surface area (Å²) in [6.45, 7) is 0. The predicted molar refractivity (Wildman–Crippen MR) is 97.7 cm³/mol. The summed E-state index contributed by atoms with van der Waals surface area (Å²) in [6.07, 6.45) is 0. The lowest BCUT2D eigenvalue weighted by Gasteiger charge is -2.21. The summed E-state index contributed by atoms with van der Waals surface area (Å²) in [5.41, 5.74) is 1.79. The highest BCUT2D eigenvalue weighted by Gasteiger charge is 2.20. The molecule has 1 heterocycles. The lowest BCUT2D eigenvalue weighted by atomic mass is 10.1. The second-order valence-electron chi connectivity index (χ2n) is 5.01. The van der Waals surface area contributed by atoms with Crippen molar-refractivity contribution in [2.45, 2.75) is 4.90 Å². The van der Waals surface area contributed by atoms with Crippen molar-refractivity contribution >= 4 is 62.5 Å². The van der Waals surface area contributed by atoms with Crippen molar-refractivity contribution in [2.24, 2.45) is 0 Å². The van der Waals surface area contributed by atoms with Crippen LogP contribution in [0.25, 0.3) is 0 Å². The number of anilines is 2. The van der Waals surface area contributed by atoms with Crippen LogP contribution in [-0.2, 0) is 4.79 Å². The van der Waals surface area contributed by atoms with Crippen LogP contribution in [0.1, 0.15) is 10.4 Å². The van der Waals surface area contributed by atoms with E-state index >= 15 is 0 Å². The first-order chi connectivity index (χ1) is 11.0. The Labute approximate surface area is 151 Å². The molecule has 0 atom stereocenters. The van der Waals surface area contributed by atoms with Crippen molar-refractivity contribution < 1.29 is 9.59 Å². The molecule has 4 nitrogen and oxygen atoms in total. The quantitative estimate of drug-likeness (QED) is 0.795. The number of hydrogen-bond donors (Lipinski definition) is 1. The Morgan fingerprint density at radius 3 is 2.83 bits per heavy atom. The van der Waals surface area contributed by atoms with E-state index in [4.69, 9.17) is 11.6 Å². The molecule has 0 saturated carbocycles. The summed E-state index contributed by atoms with van der Waals surface area (Å²) in [6, 6.07) is 10.7. The lowest BCUT2D eigenvalue weighted by Crippen LogP contribution is -2.27. The van der Waals surface area contributed by atoms with Crippen LogP contribution in [0.2, 0.25) is 5.02 Å². The minimum absolute atomic E-state index is 0.0589. The molecule has 0 spiro atoms. The predicted octanol–water partition coefficient (Wildman–Crippen LogP) is 4.42. The maximum Gasteiger partial charge on any atom is 0.258 e. The Morgan fingerprint density at radius 1 is 1.30 bits per heavy atom. The molecule has 0 fully saturated rings. The summed E-state index contributed by atoms with van der Waals surface area (Å²) >= 11 is 11.0. The normalized spacial score (nSPS) is 13.3. The molecule has 0 aliphatic carbocycles. The van der Waals surface area contributed by atoms with E-state index < -0.39 is 0 Å². The molecule has 0 aromatic heterocycles. The number of halogens is 2. The van der Waals surface area contributed by atoms with Crippen molar-refractivity contribution in [3.8, 4) is 0 Å². The van der Waals surface area contributed by atoms with Crippen LogP contribution in [0.15, 0.2) is 45.8 Å². The highest BCUT2D eigenvalue weighted by atomic mass is 79.9. The summed E-state index contributed by atoms with van der Waals surface area (Å²) in [5, 5.41) is 3.27. The zero-order valence-corrected chi connectivity index (χ0v) is 15.3. The molecule has 2 aromatic carbocycles. The Hall–Kier alpha value is -1.50. The van der Waals surface area contributed by atoms with Gasteiger partial charge in [0.2, 0.25) is 5.91 Å². The van der Waals surface area contributed by atoms with Gasteiger partial charge in [0.25, 0.3) is 5.91 Å². The van der Waals surface area contributed by atoms with Crippen LogP contribution >= 0.6 is 39.3 Å². The number of nitrogens with one attached hydrogen (secondary N) is 1. The van der Waals surface area contributed by atoms with E-state index in [2.05, 4.69) is 21.2 Å². The minimum Gasteiger partial charge on any atom is -0.324 e. The van der Waals surface area contributed by atoms with Gasteiger partial charge in [-0.25, -0.2) is 0 Å². The van der Waals surface area contributed by atoms with Crippen molar-refractivity contribution in [2.75, 3.05) is 23.0 Å². The average molecular weight is 412 g/mol. The van der Waals surface area contributed by atoms with Crippen molar-refractivity contribution in [3.63, 3.8) is 0 Å². The number of amides is 2. The highest BCUT2D eigenvalue weighted by Crippen LogP contribution is 2.33. The number of nitrogens with zero attached hydrogens (tertiary/aromatic N) is 1. The molecule has 2 amide bonds. The maximum atomic E-state index is 12.7. The summed E-state index contributed by atoms with van der Waals surface area (Å²) in [7, 11) is 1.67. The van der Waals surface area contributed by atoms with Gasteiger partial charge in [0, 0.05) is 22.0 Å². The maximum absolute atomic E-state index is 12.7. The highest BCUT2D eigenvalue weighted by molar-refractivity contribution is 9.10. The van der Waals surface area contributed by atoms with E-state index in [1.807, 2.05) is 12.1 Å². The van der Waals surface area contributed by atoms with E-state index in [0.29, 0.717) is 27.7 Å². The summed E-state index contributed by atoms with van der Waals surface area (Å²) in [5.74, 6) is 0.146. The van der Waals surface area contributed by atoms with Gasteiger partial charge in [-0.3, -0.25) is 9.59 Å². The molecule has 1 aliphatic heterocycles. The van der Waals surface area contributed by atoms with E-state index in [1.165, 1.54) is 16.7 Å². The zero-order chi connectivity index (χ0) is 16.6. The molecule has 2 aromatic rings. The molecule has 118 valence electrons. The first-order valence-electron chi connectivity index (χ1n) is 6.75. The smallest absolute Gasteiger partial charge is 0.258 e. The first-order valence-corrected chi connectivity index (χ1v) is 8.91. The SMILES string of the molecule is CN(C(=O)c1ccc2c(c1)NC(=O)CS2)c1ccc(Br)cc1Cl. The third-order valence-electron chi connectivity index (χ3n) is 3.44. The zero-order valence-electron chi connectivity index (χ0n) is 12.1. The molecule has 7 heteroatoms. The van der Waals surface area contributed by atoms with Gasteiger partial charge in [0.05, 0.1) is 22.2 Å². The number of benzene rings is 2. The van der Waals surface area contributed by atoms with Crippen LogP contribution in [0.4, 0.5) is 11.4 Å². The van der Waals surface area contributed by atoms with Gasteiger partial charge in [-0.05, 0) is 36.4 Å². The molecule has 0 unspecified atom stereocenters. The van der Waals surface area contributed by atoms with E-state index in [-0.39, 0.29) is 11.8 Å². The average Bonchev–Trinajstić information content (AvgIpc) is 2.53. The van der Waals surface area contributed by atoms with Gasteiger partial charge in [0.1, 0.15) is 0 Å². The number of fused-ring (bicyclic) bond motifs is 1. The summed E-state index contributed by atoms with van der Waals surface area (Å²) in [4.78, 5) is 26.6. The summed E-state index contributed by atoms with van der Waals surface area (Å²) < 4.78 is 0.848. The van der Waals surface area contributed by atoms with Crippen LogP contribution in [0.3, 0.4) is 0 Å². The van der Waals surface area contributed by atoms with Crippen molar-refractivity contribution in [1.82, 2.24) is 0 Å². The molecular formula is C16H12BrClN2O2S. The number of carbonyl (C=O) groups is 2. The third-order valence-corrected chi connectivity index (χ3v) is 5.30. The molecular weight excluding hydrogens is 400 g/mol. The molecule has 23 heavy (non-hydrogen) atoms. The van der Waals surface area contributed by atoms with E-state index in [1.54, 1.807) is 31.3 Å². The Kier molecular flexibility index (Phi) is 4.66. The van der Waals surface area contributed by atoms with Gasteiger partial charge in [-0.1, -0.05) is 27.5 Å². The number of thioether (sulfide) groups is 1. The fourth-order valence-electron chi connectivity index (χ4n) is 2.27. The van der Waals surface area contributed by atoms with Crippen LogP contribution in [0, 0.1) is 0 Å². The largest absolute Gasteiger partial charge is 0.324 e. The van der Waals surface area contributed by atoms with Gasteiger partial charge in [-0.15, -0.1) is 11.8 Å². The van der Waals surface area contributed by atoms with Gasteiger partial charge < -0.3 is 10.2 Å². The number of carbonyl (C=O) groups excluding carboxylic acids is 2. The standard InChI is InChI=1S/C16H12BrClN2O2S/c1-20(13-4-3-10(17)7-11(13)18)16(22)9-2-5-14-12(6-9)19-15(21)8-23-14/h2-7H,8H2,1H3,(H,19,21). The fourth-order valence-corrected chi connectivity index (χ4v) is 3.86. The van der Waals surface area contributed by atoms with Gasteiger partial charge in [0.15, 0.2) is 0 Å². The van der Waals surface area contributed by atoms with Crippen LogP contribution < -0.4 is 10.2 Å².